The molecule has 6 nitrogen and oxygen atoms in total. The molecule has 3 saturated heterocycles. The Morgan fingerprint density at radius 3 is 2.08 bits per heavy atom. The third-order valence-corrected chi connectivity index (χ3v) is 11.0. The molecule has 218 valence electrons. The summed E-state index contributed by atoms with van der Waals surface area (Å²) in [5, 5.41) is 3.91. The number of nitrogens with one attached hydrogen (secondary N) is 1. The third kappa shape index (κ3) is 9.64. The number of hydrogen-bond acceptors (Lipinski definition) is 6. The van der Waals surface area contributed by atoms with E-state index >= 15 is 0 Å². The van der Waals surface area contributed by atoms with Gasteiger partial charge in [-0.2, -0.15) is 0 Å². The van der Waals surface area contributed by atoms with E-state index in [0.29, 0.717) is 44.3 Å². The average molecular weight is 745 g/mol. The summed E-state index contributed by atoms with van der Waals surface area (Å²) in [6.07, 6.45) is 5.18. The lowest BCUT2D eigenvalue weighted by Crippen LogP contribution is -2.47. The van der Waals surface area contributed by atoms with E-state index in [9.17, 15) is 0 Å². The van der Waals surface area contributed by atoms with Gasteiger partial charge in [0.1, 0.15) is 0 Å². The molecule has 1 N–H and O–H groups in total. The second-order valence-electron chi connectivity index (χ2n) is 12.9. The molecule has 0 radical (unpaired) electrons. The summed E-state index contributed by atoms with van der Waals surface area (Å²) in [5.41, 5.74) is 0. The summed E-state index contributed by atoms with van der Waals surface area (Å²) in [6.45, 7) is 26.4. The minimum absolute atomic E-state index is 0.580. The lowest BCUT2D eigenvalue weighted by atomic mass is 9.96. The molecule has 3 aliphatic heterocycles. The quantitative estimate of drug-likeness (QED) is 0.218. The monoisotopic (exact) mass is 744 g/mol. The maximum absolute atomic E-state index is 3.91. The van der Waals surface area contributed by atoms with Crippen LogP contribution in [0.3, 0.4) is 0 Å². The van der Waals surface area contributed by atoms with Gasteiger partial charge in [-0.15, -0.1) is 0 Å². The molecule has 0 amide bonds. The molecule has 3 aliphatic rings. The first kappa shape index (κ1) is 32.7. The normalized spacial score (nSPS) is 34.9. The predicted octanol–water partition coefficient (Wildman–Crippen LogP) is 4.81. The molecule has 3 heterocycles. The predicted molar refractivity (Wildman–Crippen MR) is 177 cm³/mol. The Kier molecular flexibility index (Phi) is 13.7. The van der Waals surface area contributed by atoms with Crippen molar-refractivity contribution >= 4 is 45.2 Å². The highest BCUT2D eigenvalue weighted by atomic mass is 127. The van der Waals surface area contributed by atoms with Gasteiger partial charge in [-0.1, -0.05) is 45.2 Å². The van der Waals surface area contributed by atoms with Crippen molar-refractivity contribution in [3.8, 4) is 0 Å². The topological polar surface area (TPSA) is 28.2 Å². The zero-order chi connectivity index (χ0) is 27.3. The Morgan fingerprint density at radius 1 is 0.730 bits per heavy atom. The SMILES string of the molecule is CC(C)N1CCN[C@@H](CC2CCN(C(C)I)[C@@H](CC3CN(C(C)I)C[C@H](C)N(C(C)C)C3)CN2C)CC1. The smallest absolute Gasteiger partial charge is 0.0592 e. The first-order valence-electron chi connectivity index (χ1n) is 15.2. The first-order valence-corrected chi connectivity index (χ1v) is 17.7. The molecule has 3 rings (SSSR count). The van der Waals surface area contributed by atoms with E-state index in [4.69, 9.17) is 0 Å². The zero-order valence-electron chi connectivity index (χ0n) is 25.2. The van der Waals surface area contributed by atoms with Crippen molar-refractivity contribution in [1.82, 2.24) is 29.8 Å². The van der Waals surface area contributed by atoms with Crippen LogP contribution in [0.25, 0.3) is 0 Å². The van der Waals surface area contributed by atoms with Gasteiger partial charge in [0.15, 0.2) is 0 Å². The van der Waals surface area contributed by atoms with Crippen LogP contribution in [0, 0.1) is 5.92 Å². The summed E-state index contributed by atoms with van der Waals surface area (Å²) in [7, 11) is 2.42. The number of halogens is 2. The summed E-state index contributed by atoms with van der Waals surface area (Å²) < 4.78 is 1.17. The fourth-order valence-electron chi connectivity index (χ4n) is 7.19. The van der Waals surface area contributed by atoms with E-state index in [1.165, 1.54) is 71.5 Å². The summed E-state index contributed by atoms with van der Waals surface area (Å²) >= 11 is 5.31. The largest absolute Gasteiger partial charge is 0.313 e. The second kappa shape index (κ2) is 15.4. The molecule has 3 fully saturated rings. The zero-order valence-corrected chi connectivity index (χ0v) is 29.5. The van der Waals surface area contributed by atoms with Crippen molar-refractivity contribution < 1.29 is 0 Å². The molecular formula is C29H58I2N6. The Balaban J connectivity index is 1.68. The van der Waals surface area contributed by atoms with Crippen molar-refractivity contribution in [2.24, 2.45) is 5.92 Å². The van der Waals surface area contributed by atoms with Crippen molar-refractivity contribution in [1.29, 1.82) is 0 Å². The molecule has 0 bridgehead atoms. The van der Waals surface area contributed by atoms with Crippen LogP contribution in [0.5, 0.6) is 0 Å². The molecule has 37 heavy (non-hydrogen) atoms. The van der Waals surface area contributed by atoms with Crippen molar-refractivity contribution in [2.45, 2.75) is 118 Å². The Labute approximate surface area is 257 Å². The maximum Gasteiger partial charge on any atom is 0.0592 e. The van der Waals surface area contributed by atoms with Crippen molar-refractivity contribution in [3.05, 3.63) is 0 Å². The highest BCUT2D eigenvalue weighted by molar-refractivity contribution is 14.1. The molecular weight excluding hydrogens is 686 g/mol. The van der Waals surface area contributed by atoms with Gasteiger partial charge in [0, 0.05) is 82.1 Å². The lowest BCUT2D eigenvalue weighted by Gasteiger charge is -2.38. The van der Waals surface area contributed by atoms with Gasteiger partial charge in [0.25, 0.3) is 0 Å². The van der Waals surface area contributed by atoms with Crippen LogP contribution in [0.2, 0.25) is 0 Å². The summed E-state index contributed by atoms with van der Waals surface area (Å²) in [5.74, 6) is 0.725. The van der Waals surface area contributed by atoms with Gasteiger partial charge in [0.05, 0.1) is 8.10 Å². The van der Waals surface area contributed by atoms with Gasteiger partial charge < -0.3 is 10.2 Å². The van der Waals surface area contributed by atoms with E-state index in [1.54, 1.807) is 0 Å². The highest BCUT2D eigenvalue weighted by Gasteiger charge is 2.36. The summed E-state index contributed by atoms with van der Waals surface area (Å²) in [4.78, 5) is 13.8. The molecule has 4 unspecified atom stereocenters. The van der Waals surface area contributed by atoms with Crippen molar-refractivity contribution in [3.63, 3.8) is 0 Å². The van der Waals surface area contributed by atoms with Crippen LogP contribution in [0.1, 0.15) is 74.1 Å². The molecule has 0 saturated carbocycles. The van der Waals surface area contributed by atoms with Crippen LogP contribution >= 0.6 is 45.2 Å². The number of rotatable bonds is 8. The number of nitrogens with zero attached hydrogens (tertiary/aromatic N) is 5. The molecule has 0 aromatic heterocycles. The van der Waals surface area contributed by atoms with Crippen LogP contribution < -0.4 is 5.32 Å². The Morgan fingerprint density at radius 2 is 1.46 bits per heavy atom. The maximum atomic E-state index is 3.91. The Bertz CT molecular complexity index is 662. The van der Waals surface area contributed by atoms with E-state index < -0.39 is 0 Å². The van der Waals surface area contributed by atoms with Crippen LogP contribution in [-0.4, -0.2) is 128 Å². The van der Waals surface area contributed by atoms with E-state index in [0.717, 1.165) is 12.5 Å². The van der Waals surface area contributed by atoms with Gasteiger partial charge in [0.2, 0.25) is 0 Å². The van der Waals surface area contributed by atoms with E-state index in [-0.39, 0.29) is 0 Å². The number of likely N-dealkylation sites (N-methyl/N-ethyl adjacent to an activating group) is 1. The average Bonchev–Trinajstić information content (AvgIpc) is 3.20. The highest BCUT2D eigenvalue weighted by Crippen LogP contribution is 2.29. The number of alkyl halides is 2. The molecule has 7 atom stereocenters. The van der Waals surface area contributed by atoms with E-state index in [2.05, 4.69) is 131 Å². The first-order chi connectivity index (χ1) is 17.5. The molecule has 0 aromatic carbocycles. The second-order valence-corrected chi connectivity index (χ2v) is 16.5. The molecule has 8 heteroatoms. The standard InChI is InChI=1S/C29H58I2N6/c1-21(2)34-12-9-27(32-11-14-34)16-28-10-13-36(25(7)31)29(20-33(28)8)15-26-18-35(24(6)30)17-23(5)37(19-26)22(3)4/h21-29,32H,9-20H2,1-8H3/t23-,24?,25?,26?,27+,28?,29-/m0/s1. The van der Waals surface area contributed by atoms with Crippen LogP contribution in [0.4, 0.5) is 0 Å². The molecule has 0 aliphatic carbocycles. The fraction of sp³-hybridized carbons (Fsp3) is 1.00. The molecule has 0 aromatic rings. The Hall–Kier alpha value is 1.22. The van der Waals surface area contributed by atoms with Gasteiger partial charge in [-0.05, 0) is 93.7 Å². The van der Waals surface area contributed by atoms with E-state index in [1.807, 2.05) is 0 Å². The fourth-order valence-corrected chi connectivity index (χ4v) is 8.38. The van der Waals surface area contributed by atoms with Gasteiger partial charge >= 0.3 is 0 Å². The minimum atomic E-state index is 0.580. The third-order valence-electron chi connectivity index (χ3n) is 9.45. The minimum Gasteiger partial charge on any atom is -0.313 e. The van der Waals surface area contributed by atoms with Crippen molar-refractivity contribution in [2.75, 3.05) is 59.4 Å². The van der Waals surface area contributed by atoms with Crippen LogP contribution in [0.15, 0.2) is 0 Å². The van der Waals surface area contributed by atoms with Gasteiger partial charge in [-0.3, -0.25) is 19.6 Å². The lowest BCUT2D eigenvalue weighted by molar-refractivity contribution is 0.119. The van der Waals surface area contributed by atoms with Gasteiger partial charge in [-0.25, -0.2) is 0 Å². The van der Waals surface area contributed by atoms with Crippen LogP contribution in [-0.2, 0) is 0 Å². The molecule has 0 spiro atoms. The number of hydrogen-bond donors (Lipinski definition) is 1. The summed E-state index contributed by atoms with van der Waals surface area (Å²) in [6, 6.07) is 3.87.